The van der Waals surface area contributed by atoms with Gasteiger partial charge in [0.1, 0.15) is 10.9 Å². The van der Waals surface area contributed by atoms with Crippen molar-refractivity contribution in [3.63, 3.8) is 0 Å². The molecule has 1 fully saturated rings. The van der Waals surface area contributed by atoms with Crippen LogP contribution in [0.5, 0.6) is 0 Å². The highest BCUT2D eigenvalue weighted by Crippen LogP contribution is 2.24. The fourth-order valence-corrected chi connectivity index (χ4v) is 2.98. The predicted molar refractivity (Wildman–Crippen MR) is 83.0 cm³/mol. The zero-order valence-corrected chi connectivity index (χ0v) is 15.0. The summed E-state index contributed by atoms with van der Waals surface area (Å²) in [6.07, 6.45) is -0.906. The molecule has 0 spiro atoms. The Kier molecular flexibility index (Phi) is 5.66. The van der Waals surface area contributed by atoms with E-state index in [0.717, 1.165) is 0 Å². The molecule has 1 atom stereocenters. The van der Waals surface area contributed by atoms with Gasteiger partial charge in [-0.2, -0.15) is 8.42 Å². The van der Waals surface area contributed by atoms with Crippen LogP contribution in [0.4, 0.5) is 8.68 Å². The average Bonchev–Trinajstić information content (AvgIpc) is 2.66. The van der Waals surface area contributed by atoms with Crippen molar-refractivity contribution in [3.05, 3.63) is 0 Å². The van der Waals surface area contributed by atoms with Gasteiger partial charge in [0.15, 0.2) is 0 Å². The molecule has 1 rings (SSSR count). The first-order valence-corrected chi connectivity index (χ1v) is 8.82. The van der Waals surface area contributed by atoms with Crippen LogP contribution in [-0.2, 0) is 19.8 Å². The van der Waals surface area contributed by atoms with Crippen LogP contribution in [0.3, 0.4) is 0 Å². The Morgan fingerprint density at radius 3 is 2.35 bits per heavy atom. The topological polar surface area (TPSA) is 92.8 Å². The second-order valence-corrected chi connectivity index (χ2v) is 9.21. The lowest BCUT2D eigenvalue weighted by Crippen LogP contribution is -2.44. The summed E-state index contributed by atoms with van der Waals surface area (Å²) in [7, 11) is -4.72. The molecule has 1 saturated heterocycles. The molecule has 9 heteroatoms. The van der Waals surface area contributed by atoms with E-state index in [9.17, 15) is 21.9 Å². The van der Waals surface area contributed by atoms with Crippen LogP contribution >= 0.6 is 0 Å². The summed E-state index contributed by atoms with van der Waals surface area (Å²) in [5.41, 5.74) is -1.12. The van der Waals surface area contributed by atoms with Gasteiger partial charge in [0.25, 0.3) is 0 Å². The second kappa shape index (κ2) is 6.62. The van der Waals surface area contributed by atoms with E-state index in [1.807, 2.05) is 13.8 Å². The van der Waals surface area contributed by atoms with Gasteiger partial charge in [0.2, 0.25) is 5.91 Å². The second-order valence-electron chi connectivity index (χ2n) is 7.60. The maximum absolute atomic E-state index is 13.0. The fourth-order valence-electron chi connectivity index (χ4n) is 2.28. The molecule has 1 N–H and O–H groups in total. The highest BCUT2D eigenvalue weighted by atomic mass is 32.3. The minimum Gasteiger partial charge on any atom is -0.444 e. The normalized spacial score (nSPS) is 19.8. The van der Waals surface area contributed by atoms with Crippen molar-refractivity contribution in [2.45, 2.75) is 51.9 Å². The molecule has 1 aliphatic rings. The van der Waals surface area contributed by atoms with E-state index in [1.165, 1.54) is 4.90 Å². The molecule has 7 nitrogen and oxygen atoms in total. The summed E-state index contributed by atoms with van der Waals surface area (Å²) in [5, 5.41) is 1.32. The van der Waals surface area contributed by atoms with Crippen molar-refractivity contribution in [1.29, 1.82) is 0 Å². The van der Waals surface area contributed by atoms with E-state index < -0.39 is 38.5 Å². The van der Waals surface area contributed by atoms with Crippen LogP contribution in [0.1, 0.15) is 41.0 Å². The van der Waals surface area contributed by atoms with Crippen LogP contribution in [0.2, 0.25) is 0 Å². The lowest BCUT2D eigenvalue weighted by molar-refractivity contribution is -0.128. The Morgan fingerprint density at radius 2 is 1.91 bits per heavy atom. The average molecular weight is 352 g/mol. The smallest absolute Gasteiger partial charge is 0.407 e. The lowest BCUT2D eigenvalue weighted by Gasteiger charge is -2.31. The maximum atomic E-state index is 13.0. The van der Waals surface area contributed by atoms with Gasteiger partial charge in [0, 0.05) is 26.1 Å². The Bertz CT molecular complexity index is 568. The van der Waals surface area contributed by atoms with E-state index in [-0.39, 0.29) is 26.1 Å². The largest absolute Gasteiger partial charge is 0.444 e. The highest BCUT2D eigenvalue weighted by molar-refractivity contribution is 7.87. The number of rotatable bonds is 5. The molecule has 0 bridgehead atoms. The number of nitrogens with one attached hydrogen (secondary N) is 1. The highest BCUT2D eigenvalue weighted by Gasteiger charge is 2.40. The molecule has 134 valence electrons. The SMILES string of the molecule is CC(C)(CNC(=O)OC(C)(C)C)CN1CC(S(=O)(=O)F)CC1=O. The Hall–Kier alpha value is -1.38. The van der Waals surface area contributed by atoms with Crippen LogP contribution < -0.4 is 5.32 Å². The van der Waals surface area contributed by atoms with Gasteiger partial charge in [0.05, 0.1) is 0 Å². The predicted octanol–water partition coefficient (Wildman–Crippen LogP) is 1.44. The first-order valence-electron chi connectivity index (χ1n) is 7.38. The molecule has 0 saturated carbocycles. The maximum Gasteiger partial charge on any atom is 0.407 e. The summed E-state index contributed by atoms with van der Waals surface area (Å²) >= 11 is 0. The quantitative estimate of drug-likeness (QED) is 0.756. The molecule has 23 heavy (non-hydrogen) atoms. The van der Waals surface area contributed by atoms with E-state index in [2.05, 4.69) is 5.32 Å². The van der Waals surface area contributed by atoms with Gasteiger partial charge in [-0.1, -0.05) is 13.8 Å². The fraction of sp³-hybridized carbons (Fsp3) is 0.857. The Morgan fingerprint density at radius 1 is 1.35 bits per heavy atom. The number of likely N-dealkylation sites (tertiary alicyclic amines) is 1. The van der Waals surface area contributed by atoms with Gasteiger partial charge in [-0.25, -0.2) is 4.79 Å². The number of amides is 2. The minimum atomic E-state index is -4.72. The van der Waals surface area contributed by atoms with E-state index in [1.54, 1.807) is 20.8 Å². The molecule has 0 aromatic heterocycles. The number of hydrogen-bond donors (Lipinski definition) is 1. The van der Waals surface area contributed by atoms with Crippen LogP contribution in [0.25, 0.3) is 0 Å². The summed E-state index contributed by atoms with van der Waals surface area (Å²) in [5.74, 6) is -0.401. The molecule has 0 radical (unpaired) electrons. The number of hydrogen-bond acceptors (Lipinski definition) is 5. The van der Waals surface area contributed by atoms with Gasteiger partial charge >= 0.3 is 16.3 Å². The zero-order valence-electron chi connectivity index (χ0n) is 14.2. The van der Waals surface area contributed by atoms with Crippen LogP contribution in [0, 0.1) is 5.41 Å². The molecule has 0 aromatic rings. The lowest BCUT2D eigenvalue weighted by atomic mass is 9.93. The number of halogens is 1. The summed E-state index contributed by atoms with van der Waals surface area (Å²) in [6, 6.07) is 0. The van der Waals surface area contributed by atoms with Gasteiger partial charge in [-0.15, -0.1) is 3.89 Å². The molecule has 1 aliphatic heterocycles. The number of ether oxygens (including phenoxy) is 1. The van der Waals surface area contributed by atoms with Crippen molar-refractivity contribution >= 4 is 22.2 Å². The molecule has 0 aromatic carbocycles. The summed E-state index contributed by atoms with van der Waals surface area (Å²) in [6.45, 7) is 9.16. The van der Waals surface area contributed by atoms with Crippen molar-refractivity contribution in [2.24, 2.45) is 5.41 Å². The van der Waals surface area contributed by atoms with E-state index in [4.69, 9.17) is 4.74 Å². The molecule has 1 unspecified atom stereocenters. The molecular formula is C14H25FN2O5S. The van der Waals surface area contributed by atoms with Gasteiger partial charge < -0.3 is 15.0 Å². The van der Waals surface area contributed by atoms with Crippen LogP contribution in [0.15, 0.2) is 0 Å². The molecule has 0 aliphatic carbocycles. The third-order valence-corrected chi connectivity index (χ3v) is 4.42. The summed E-state index contributed by atoms with van der Waals surface area (Å²) < 4.78 is 40.0. The summed E-state index contributed by atoms with van der Waals surface area (Å²) in [4.78, 5) is 24.8. The standard InChI is InChI=1S/C14H25FN2O5S/c1-13(2,3)22-12(19)16-8-14(4,5)9-17-7-10(6-11(17)18)23(15,20)21/h10H,6-9H2,1-5H3,(H,16,19). The number of carbonyl (C=O) groups excluding carboxylic acids is 2. The first kappa shape index (κ1) is 19.7. The first-order chi connectivity index (χ1) is 10.2. The zero-order chi connectivity index (χ0) is 18.1. The van der Waals surface area contributed by atoms with Crippen molar-refractivity contribution < 1.29 is 26.6 Å². The molecular weight excluding hydrogens is 327 g/mol. The molecule has 1 heterocycles. The Labute approximate surface area is 136 Å². The van der Waals surface area contributed by atoms with Crippen molar-refractivity contribution in [2.75, 3.05) is 19.6 Å². The van der Waals surface area contributed by atoms with Crippen LogP contribution in [-0.4, -0.2) is 55.8 Å². The van der Waals surface area contributed by atoms with Gasteiger partial charge in [-0.05, 0) is 26.2 Å². The van der Waals surface area contributed by atoms with Crippen molar-refractivity contribution in [3.8, 4) is 0 Å². The number of carbonyl (C=O) groups is 2. The van der Waals surface area contributed by atoms with Crippen molar-refractivity contribution in [1.82, 2.24) is 10.2 Å². The van der Waals surface area contributed by atoms with E-state index in [0.29, 0.717) is 0 Å². The number of nitrogens with zero attached hydrogens (tertiary/aromatic N) is 1. The minimum absolute atomic E-state index is 0.159. The molecule has 2 amide bonds. The Balaban J connectivity index is 2.55. The van der Waals surface area contributed by atoms with E-state index >= 15 is 0 Å². The van der Waals surface area contributed by atoms with Gasteiger partial charge in [-0.3, -0.25) is 4.79 Å². The third-order valence-electron chi connectivity index (χ3n) is 3.31. The third kappa shape index (κ3) is 6.72. The monoisotopic (exact) mass is 352 g/mol. The number of alkyl carbamates (subject to hydrolysis) is 1.